The second-order valence-corrected chi connectivity index (χ2v) is 4.37. The first-order valence-corrected chi connectivity index (χ1v) is 6.50. The fourth-order valence-corrected chi connectivity index (χ4v) is 1.84. The van der Waals surface area contributed by atoms with E-state index in [9.17, 15) is 4.79 Å². The summed E-state index contributed by atoms with van der Waals surface area (Å²) in [5.74, 6) is -0.0719. The molecule has 1 atom stereocenters. The minimum Gasteiger partial charge on any atom is -0.497 e. The largest absolute Gasteiger partial charge is 0.497 e. The maximum atomic E-state index is 11.9. The average Bonchev–Trinajstić information content (AvgIpc) is 2.48. The van der Waals surface area contributed by atoms with Crippen LogP contribution in [-0.4, -0.2) is 30.6 Å². The summed E-state index contributed by atoms with van der Waals surface area (Å²) in [5.41, 5.74) is 6.57. The summed E-state index contributed by atoms with van der Waals surface area (Å²) in [6.07, 6.45) is 1.20. The number of carbonyl (C=O) groups is 1. The van der Waals surface area contributed by atoms with E-state index in [1.165, 1.54) is 0 Å². The molecule has 1 rings (SSSR count). The first kappa shape index (κ1) is 15.8. The Balaban J connectivity index is 2.44. The van der Waals surface area contributed by atoms with Crippen LogP contribution in [0.1, 0.15) is 18.9 Å². The molecule has 110 valence electrons. The van der Waals surface area contributed by atoms with Crippen molar-refractivity contribution in [1.82, 2.24) is 5.32 Å². The van der Waals surface area contributed by atoms with E-state index < -0.39 is 5.92 Å². The number of carbonyl (C=O) groups excluding carboxylic acids is 1. The van der Waals surface area contributed by atoms with E-state index in [1.807, 2.05) is 31.2 Å². The van der Waals surface area contributed by atoms with Crippen molar-refractivity contribution < 1.29 is 14.7 Å². The number of hydrogen-bond donors (Lipinski definition) is 3. The van der Waals surface area contributed by atoms with E-state index in [-0.39, 0.29) is 11.7 Å². The molecule has 0 aliphatic heterocycles. The van der Waals surface area contributed by atoms with Crippen molar-refractivity contribution in [3.63, 3.8) is 0 Å². The molecule has 0 saturated heterocycles. The molecule has 4 N–H and O–H groups in total. The summed E-state index contributed by atoms with van der Waals surface area (Å²) >= 11 is 0. The fraction of sp³-hybridized carbons (Fsp3) is 0.429. The van der Waals surface area contributed by atoms with E-state index >= 15 is 0 Å². The Hall–Kier alpha value is -2.24. The molecule has 1 aromatic carbocycles. The molecule has 1 amide bonds. The van der Waals surface area contributed by atoms with Crippen LogP contribution in [0.3, 0.4) is 0 Å². The molecule has 0 spiro atoms. The van der Waals surface area contributed by atoms with Crippen LogP contribution < -0.4 is 15.8 Å². The quantitative estimate of drug-likeness (QED) is 0.301. The summed E-state index contributed by atoms with van der Waals surface area (Å²) < 4.78 is 5.08. The predicted octanol–water partition coefficient (Wildman–Crippen LogP) is 1.13. The zero-order valence-electron chi connectivity index (χ0n) is 11.8. The summed E-state index contributed by atoms with van der Waals surface area (Å²) in [7, 11) is 1.62. The third-order valence-corrected chi connectivity index (χ3v) is 3.07. The van der Waals surface area contributed by atoms with Crippen LogP contribution in [0.5, 0.6) is 5.75 Å². The summed E-state index contributed by atoms with van der Waals surface area (Å²) in [6, 6.07) is 7.66. The Morgan fingerprint density at radius 3 is 2.60 bits per heavy atom. The summed E-state index contributed by atoms with van der Waals surface area (Å²) in [5, 5.41) is 14.3. The first-order valence-electron chi connectivity index (χ1n) is 6.50. The molecule has 1 aromatic rings. The fourth-order valence-electron chi connectivity index (χ4n) is 1.84. The molecule has 20 heavy (non-hydrogen) atoms. The molecule has 0 saturated carbocycles. The predicted molar refractivity (Wildman–Crippen MR) is 76.9 cm³/mol. The maximum absolute atomic E-state index is 11.9. The first-order chi connectivity index (χ1) is 9.62. The van der Waals surface area contributed by atoms with Gasteiger partial charge < -0.3 is 21.0 Å². The Kier molecular flexibility index (Phi) is 6.36. The molecule has 0 heterocycles. The van der Waals surface area contributed by atoms with E-state index in [4.69, 9.17) is 15.7 Å². The van der Waals surface area contributed by atoms with Gasteiger partial charge in [-0.25, -0.2) is 0 Å². The van der Waals surface area contributed by atoms with Crippen LogP contribution in [0.15, 0.2) is 29.4 Å². The summed E-state index contributed by atoms with van der Waals surface area (Å²) in [6.45, 7) is 2.31. The van der Waals surface area contributed by atoms with Crippen molar-refractivity contribution >= 4 is 11.7 Å². The van der Waals surface area contributed by atoms with Crippen molar-refractivity contribution in [2.75, 3.05) is 13.7 Å². The lowest BCUT2D eigenvalue weighted by Crippen LogP contribution is -2.39. The maximum Gasteiger partial charge on any atom is 0.230 e. The van der Waals surface area contributed by atoms with E-state index in [0.717, 1.165) is 11.3 Å². The van der Waals surface area contributed by atoms with Gasteiger partial charge in [0.2, 0.25) is 5.91 Å². The number of nitrogens with two attached hydrogens (primary N) is 1. The summed E-state index contributed by atoms with van der Waals surface area (Å²) in [4.78, 5) is 11.9. The van der Waals surface area contributed by atoms with Crippen LogP contribution in [0, 0.1) is 5.92 Å². The van der Waals surface area contributed by atoms with Gasteiger partial charge in [-0.2, -0.15) is 0 Å². The van der Waals surface area contributed by atoms with Crippen LogP contribution in [0.4, 0.5) is 0 Å². The normalized spacial score (nSPS) is 12.8. The Morgan fingerprint density at radius 2 is 2.10 bits per heavy atom. The lowest BCUT2D eigenvalue weighted by Gasteiger charge is -2.13. The second-order valence-electron chi connectivity index (χ2n) is 4.37. The minimum atomic E-state index is -0.587. The van der Waals surface area contributed by atoms with Gasteiger partial charge in [0.25, 0.3) is 0 Å². The number of amides is 1. The number of rotatable bonds is 7. The monoisotopic (exact) mass is 279 g/mol. The van der Waals surface area contributed by atoms with Crippen molar-refractivity contribution in [2.24, 2.45) is 16.8 Å². The lowest BCUT2D eigenvalue weighted by molar-refractivity contribution is -0.123. The lowest BCUT2D eigenvalue weighted by atomic mass is 10.0. The van der Waals surface area contributed by atoms with Gasteiger partial charge in [0.05, 0.1) is 13.0 Å². The highest BCUT2D eigenvalue weighted by Gasteiger charge is 2.20. The van der Waals surface area contributed by atoms with Crippen molar-refractivity contribution in [2.45, 2.75) is 19.8 Å². The molecular formula is C14H21N3O3. The molecule has 0 bridgehead atoms. The molecule has 0 aliphatic carbocycles. The molecule has 6 nitrogen and oxygen atoms in total. The third-order valence-electron chi connectivity index (χ3n) is 3.07. The van der Waals surface area contributed by atoms with E-state index in [0.29, 0.717) is 19.4 Å². The van der Waals surface area contributed by atoms with Gasteiger partial charge in [-0.15, -0.1) is 0 Å². The van der Waals surface area contributed by atoms with Gasteiger partial charge in [0.15, 0.2) is 5.84 Å². The Morgan fingerprint density at radius 1 is 1.45 bits per heavy atom. The third kappa shape index (κ3) is 4.46. The minimum absolute atomic E-state index is 0.0607. The zero-order chi connectivity index (χ0) is 15.0. The topological polar surface area (TPSA) is 96.9 Å². The molecule has 0 aromatic heterocycles. The molecule has 1 unspecified atom stereocenters. The van der Waals surface area contributed by atoms with Crippen molar-refractivity contribution in [3.8, 4) is 5.75 Å². The Labute approximate surface area is 118 Å². The van der Waals surface area contributed by atoms with Gasteiger partial charge in [-0.3, -0.25) is 4.79 Å². The zero-order valence-corrected chi connectivity index (χ0v) is 11.8. The van der Waals surface area contributed by atoms with Gasteiger partial charge in [0, 0.05) is 6.54 Å². The average molecular weight is 279 g/mol. The van der Waals surface area contributed by atoms with Crippen LogP contribution >= 0.6 is 0 Å². The number of benzene rings is 1. The van der Waals surface area contributed by atoms with Gasteiger partial charge in [0.1, 0.15) is 5.75 Å². The SMILES string of the molecule is CCC(C(=O)NCCc1ccc(OC)cc1)C(N)=NO. The number of oxime groups is 1. The number of nitrogens with one attached hydrogen (secondary N) is 1. The number of ether oxygens (including phenoxy) is 1. The highest BCUT2D eigenvalue weighted by Crippen LogP contribution is 2.11. The highest BCUT2D eigenvalue weighted by atomic mass is 16.5. The van der Waals surface area contributed by atoms with E-state index in [1.54, 1.807) is 7.11 Å². The molecule has 0 radical (unpaired) electrons. The van der Waals surface area contributed by atoms with Crippen LogP contribution in [0.25, 0.3) is 0 Å². The molecular weight excluding hydrogens is 258 g/mol. The number of methoxy groups -OCH3 is 1. The molecule has 0 aliphatic rings. The number of amidine groups is 1. The van der Waals surface area contributed by atoms with Crippen molar-refractivity contribution in [1.29, 1.82) is 0 Å². The Bertz CT molecular complexity index is 457. The standard InChI is InChI=1S/C14H21N3O3/c1-3-12(13(15)17-19)14(18)16-9-8-10-4-6-11(20-2)7-5-10/h4-7,12,19H,3,8-9H2,1-2H3,(H2,15,17)(H,16,18). The van der Waals surface area contributed by atoms with Crippen LogP contribution in [0.2, 0.25) is 0 Å². The second kappa shape index (κ2) is 8.04. The molecule has 0 fully saturated rings. The number of hydrogen-bond acceptors (Lipinski definition) is 4. The van der Waals surface area contributed by atoms with Gasteiger partial charge in [-0.1, -0.05) is 24.2 Å². The van der Waals surface area contributed by atoms with Crippen molar-refractivity contribution in [3.05, 3.63) is 29.8 Å². The van der Waals surface area contributed by atoms with Gasteiger partial charge in [-0.05, 0) is 30.5 Å². The molecule has 6 heteroatoms. The van der Waals surface area contributed by atoms with E-state index in [2.05, 4.69) is 10.5 Å². The van der Waals surface area contributed by atoms with Gasteiger partial charge >= 0.3 is 0 Å². The number of nitrogens with zero attached hydrogens (tertiary/aromatic N) is 1. The smallest absolute Gasteiger partial charge is 0.230 e. The highest BCUT2D eigenvalue weighted by molar-refractivity contribution is 6.01. The van der Waals surface area contributed by atoms with Crippen LogP contribution in [-0.2, 0) is 11.2 Å².